The second-order valence-electron chi connectivity index (χ2n) is 7.03. The summed E-state index contributed by atoms with van der Waals surface area (Å²) in [5, 5.41) is 13.1. The van der Waals surface area contributed by atoms with Gasteiger partial charge in [-0.2, -0.15) is 0 Å². The van der Waals surface area contributed by atoms with Crippen LogP contribution < -0.4 is 4.90 Å². The number of ketones is 1. The molecule has 0 radical (unpaired) electrons. The fourth-order valence-corrected chi connectivity index (χ4v) is 3.40. The molecule has 4 aromatic rings. The van der Waals surface area contributed by atoms with Gasteiger partial charge in [-0.15, -0.1) is 0 Å². The van der Waals surface area contributed by atoms with Crippen LogP contribution in [-0.2, 0) is 6.54 Å². The summed E-state index contributed by atoms with van der Waals surface area (Å²) in [7, 11) is 0. The lowest BCUT2D eigenvalue weighted by Gasteiger charge is -2.23. The smallest absolute Gasteiger partial charge is 0.188 e. The van der Waals surface area contributed by atoms with Crippen LogP contribution in [0.5, 0.6) is 0 Å². The van der Waals surface area contributed by atoms with E-state index in [0.29, 0.717) is 23.7 Å². The third kappa shape index (κ3) is 4.34. The van der Waals surface area contributed by atoms with Gasteiger partial charge in [0.1, 0.15) is 18.2 Å². The molecule has 0 amide bonds. The third-order valence-electron chi connectivity index (χ3n) is 4.93. The first-order chi connectivity index (χ1) is 15.1. The number of hydrogen-bond donors (Lipinski definition) is 1. The number of hydrogen-bond acceptors (Lipinski definition) is 8. The van der Waals surface area contributed by atoms with Crippen LogP contribution in [0.15, 0.2) is 65.7 Å². The number of aromatic nitrogens is 4. The van der Waals surface area contributed by atoms with E-state index in [0.717, 1.165) is 28.1 Å². The minimum absolute atomic E-state index is 0.314. The molecule has 3 aromatic heterocycles. The second kappa shape index (κ2) is 8.85. The molecule has 0 saturated heterocycles. The number of aliphatic hydroxyl groups is 1. The molecule has 1 N–H and O–H groups in total. The molecule has 8 heteroatoms. The van der Waals surface area contributed by atoms with Crippen molar-refractivity contribution in [3.05, 3.63) is 83.8 Å². The number of anilines is 2. The van der Waals surface area contributed by atoms with Gasteiger partial charge in [-0.1, -0.05) is 29.4 Å². The van der Waals surface area contributed by atoms with E-state index >= 15 is 0 Å². The zero-order chi connectivity index (χ0) is 21.8. The van der Waals surface area contributed by atoms with E-state index in [1.165, 1.54) is 0 Å². The van der Waals surface area contributed by atoms with E-state index in [2.05, 4.69) is 20.1 Å². The predicted molar refractivity (Wildman–Crippen MR) is 115 cm³/mol. The number of benzene rings is 1. The highest BCUT2D eigenvalue weighted by molar-refractivity contribution is 5.96. The van der Waals surface area contributed by atoms with Gasteiger partial charge in [0.25, 0.3) is 0 Å². The second-order valence-corrected chi connectivity index (χ2v) is 7.03. The lowest BCUT2D eigenvalue weighted by molar-refractivity contribution is 0.0903. The van der Waals surface area contributed by atoms with Crippen molar-refractivity contribution in [3.63, 3.8) is 0 Å². The molecule has 0 saturated carbocycles. The molecule has 0 fully saturated rings. The SMILES string of the molecule is Cc1noc(C)c1-c1ccnc(N(Cc2ccc(C(=O)CO)cc2)c2cnccn2)c1. The van der Waals surface area contributed by atoms with E-state index in [4.69, 9.17) is 9.63 Å². The molecule has 4 rings (SSSR count). The molecule has 1 aromatic carbocycles. The number of rotatable bonds is 7. The Hall–Kier alpha value is -3.91. The molecule has 0 bridgehead atoms. The summed E-state index contributed by atoms with van der Waals surface area (Å²) >= 11 is 0. The summed E-state index contributed by atoms with van der Waals surface area (Å²) in [6, 6.07) is 11.0. The molecular formula is C23H21N5O3. The van der Waals surface area contributed by atoms with Crippen molar-refractivity contribution >= 4 is 17.4 Å². The summed E-state index contributed by atoms with van der Waals surface area (Å²) in [6.45, 7) is 3.74. The van der Waals surface area contributed by atoms with Gasteiger partial charge in [-0.05, 0) is 37.1 Å². The van der Waals surface area contributed by atoms with Gasteiger partial charge in [0, 0.05) is 29.7 Å². The average molecular weight is 415 g/mol. The Labute approximate surface area is 179 Å². The first-order valence-electron chi connectivity index (χ1n) is 9.72. The molecule has 156 valence electrons. The Morgan fingerprint density at radius 3 is 2.45 bits per heavy atom. The number of pyridine rings is 1. The molecule has 0 aliphatic carbocycles. The van der Waals surface area contributed by atoms with Crippen molar-refractivity contribution in [2.24, 2.45) is 0 Å². The Bertz CT molecular complexity index is 1170. The Morgan fingerprint density at radius 1 is 1.03 bits per heavy atom. The molecule has 0 atom stereocenters. The summed E-state index contributed by atoms with van der Waals surface area (Å²) in [5.41, 5.74) is 4.11. The summed E-state index contributed by atoms with van der Waals surface area (Å²) in [4.78, 5) is 26.8. The van der Waals surface area contributed by atoms with Crippen LogP contribution in [0.25, 0.3) is 11.1 Å². The van der Waals surface area contributed by atoms with Gasteiger partial charge in [-0.3, -0.25) is 9.78 Å². The number of Topliss-reactive ketones (excluding diaryl/α,β-unsaturated/α-hetero) is 1. The van der Waals surface area contributed by atoms with E-state index in [-0.39, 0.29) is 5.78 Å². The molecule has 31 heavy (non-hydrogen) atoms. The van der Waals surface area contributed by atoms with E-state index in [1.54, 1.807) is 36.9 Å². The maximum Gasteiger partial charge on any atom is 0.188 e. The highest BCUT2D eigenvalue weighted by atomic mass is 16.5. The van der Waals surface area contributed by atoms with Gasteiger partial charge in [0.2, 0.25) is 0 Å². The largest absolute Gasteiger partial charge is 0.388 e. The van der Waals surface area contributed by atoms with Crippen LogP contribution in [-0.4, -0.2) is 37.6 Å². The first kappa shape index (κ1) is 20.4. The standard InChI is InChI=1S/C23H21N5O3/c1-15-23(16(2)31-27-15)19-7-8-25-21(11-19)28(22-12-24-9-10-26-22)13-17-3-5-18(6-4-17)20(30)14-29/h3-12,29H,13-14H2,1-2H3. The highest BCUT2D eigenvalue weighted by Gasteiger charge is 2.17. The van der Waals surface area contributed by atoms with Crippen LogP contribution in [0.4, 0.5) is 11.6 Å². The lowest BCUT2D eigenvalue weighted by Crippen LogP contribution is -2.19. The van der Waals surface area contributed by atoms with Crippen molar-refractivity contribution in [2.75, 3.05) is 11.5 Å². The van der Waals surface area contributed by atoms with Crippen molar-refractivity contribution in [1.82, 2.24) is 20.1 Å². The third-order valence-corrected chi connectivity index (χ3v) is 4.93. The van der Waals surface area contributed by atoms with Crippen molar-refractivity contribution in [2.45, 2.75) is 20.4 Å². The summed E-state index contributed by atoms with van der Waals surface area (Å²) in [5.74, 6) is 1.76. The van der Waals surface area contributed by atoms with Gasteiger partial charge < -0.3 is 14.5 Å². The highest BCUT2D eigenvalue weighted by Crippen LogP contribution is 2.31. The van der Waals surface area contributed by atoms with Gasteiger partial charge in [0.15, 0.2) is 11.6 Å². The van der Waals surface area contributed by atoms with Crippen LogP contribution in [0.1, 0.15) is 27.4 Å². The minimum Gasteiger partial charge on any atom is -0.388 e. The van der Waals surface area contributed by atoms with Crippen molar-refractivity contribution in [3.8, 4) is 11.1 Å². The number of carbonyl (C=O) groups excluding carboxylic acids is 1. The normalized spacial score (nSPS) is 10.8. The summed E-state index contributed by atoms with van der Waals surface area (Å²) in [6.07, 6.45) is 6.66. The molecule has 8 nitrogen and oxygen atoms in total. The predicted octanol–water partition coefficient (Wildman–Crippen LogP) is 3.66. The maximum absolute atomic E-state index is 11.7. The number of aliphatic hydroxyl groups excluding tert-OH is 1. The average Bonchev–Trinajstić information content (AvgIpc) is 3.15. The topological polar surface area (TPSA) is 105 Å². The Kier molecular flexibility index (Phi) is 5.81. The van der Waals surface area contributed by atoms with E-state index < -0.39 is 6.61 Å². The Balaban J connectivity index is 1.71. The van der Waals surface area contributed by atoms with Crippen molar-refractivity contribution in [1.29, 1.82) is 0 Å². The fraction of sp³-hybridized carbons (Fsp3) is 0.174. The molecule has 3 heterocycles. The van der Waals surface area contributed by atoms with Crippen LogP contribution >= 0.6 is 0 Å². The van der Waals surface area contributed by atoms with Gasteiger partial charge in [-0.25, -0.2) is 9.97 Å². The molecule has 0 unspecified atom stereocenters. The van der Waals surface area contributed by atoms with Crippen LogP contribution in [0.3, 0.4) is 0 Å². The van der Waals surface area contributed by atoms with E-state index in [1.807, 2.05) is 43.0 Å². The maximum atomic E-state index is 11.7. The minimum atomic E-state index is -0.510. The lowest BCUT2D eigenvalue weighted by atomic mass is 10.1. The summed E-state index contributed by atoms with van der Waals surface area (Å²) < 4.78 is 5.32. The monoisotopic (exact) mass is 415 g/mol. The van der Waals surface area contributed by atoms with Gasteiger partial charge in [0.05, 0.1) is 18.4 Å². The quantitative estimate of drug-likeness (QED) is 0.456. The van der Waals surface area contributed by atoms with E-state index in [9.17, 15) is 4.79 Å². The molecule has 0 aliphatic rings. The zero-order valence-corrected chi connectivity index (χ0v) is 17.2. The van der Waals surface area contributed by atoms with Crippen LogP contribution in [0.2, 0.25) is 0 Å². The number of nitrogens with zero attached hydrogens (tertiary/aromatic N) is 5. The number of aryl methyl sites for hydroxylation is 2. The first-order valence-corrected chi connectivity index (χ1v) is 9.72. The number of carbonyl (C=O) groups is 1. The zero-order valence-electron chi connectivity index (χ0n) is 17.2. The Morgan fingerprint density at radius 2 is 1.81 bits per heavy atom. The molecular weight excluding hydrogens is 394 g/mol. The fourth-order valence-electron chi connectivity index (χ4n) is 3.40. The molecule has 0 spiro atoms. The van der Waals surface area contributed by atoms with Gasteiger partial charge >= 0.3 is 0 Å². The molecule has 0 aliphatic heterocycles. The van der Waals surface area contributed by atoms with Crippen LogP contribution in [0, 0.1) is 13.8 Å². The van der Waals surface area contributed by atoms with Crippen molar-refractivity contribution < 1.29 is 14.4 Å².